The van der Waals surface area contributed by atoms with E-state index >= 15 is 0 Å². The van der Waals surface area contributed by atoms with Gasteiger partial charge in [0.15, 0.2) is 0 Å². The molecule has 0 atom stereocenters. The van der Waals surface area contributed by atoms with Gasteiger partial charge < -0.3 is 24.8 Å². The van der Waals surface area contributed by atoms with Gasteiger partial charge in [-0.05, 0) is 36.4 Å². The van der Waals surface area contributed by atoms with Crippen LogP contribution in [-0.4, -0.2) is 29.6 Å². The molecule has 0 spiro atoms. The summed E-state index contributed by atoms with van der Waals surface area (Å²) < 4.78 is 17.7. The third-order valence-corrected chi connectivity index (χ3v) is 4.76. The van der Waals surface area contributed by atoms with Crippen LogP contribution in [-0.2, 0) is 6.61 Å². The molecule has 4 aromatic rings. The topological polar surface area (TPSA) is 103 Å². The normalized spacial score (nSPS) is 10.5. The number of hydrogen-bond donors (Lipinski definition) is 2. The molecule has 9 nitrogen and oxygen atoms in total. The van der Waals surface area contributed by atoms with Crippen LogP contribution in [0.15, 0.2) is 77.7 Å². The molecule has 0 bridgehead atoms. The third kappa shape index (κ3) is 5.21. The lowest BCUT2D eigenvalue weighted by Gasteiger charge is -2.13. The Bertz CT molecular complexity index is 1350. The molecule has 0 radical (unpaired) electrons. The lowest BCUT2D eigenvalue weighted by atomic mass is 10.2. The Morgan fingerprint density at radius 1 is 0.939 bits per heavy atom. The quantitative estimate of drug-likeness (QED) is 0.446. The number of rotatable bonds is 7. The number of fused-ring (bicyclic) bond motifs is 1. The highest BCUT2D eigenvalue weighted by Crippen LogP contribution is 2.29. The highest BCUT2D eigenvalue weighted by Gasteiger charge is 2.10. The van der Waals surface area contributed by atoms with E-state index in [9.17, 15) is 9.59 Å². The first-order chi connectivity index (χ1) is 16.1. The first-order valence-electron chi connectivity index (χ1n) is 10.1. The summed E-state index contributed by atoms with van der Waals surface area (Å²) in [5.41, 5.74) is 1.90. The third-order valence-electron chi connectivity index (χ3n) is 4.76. The molecule has 2 heterocycles. The lowest BCUT2D eigenvalue weighted by molar-refractivity contribution is 0.262. The van der Waals surface area contributed by atoms with Crippen LogP contribution in [0, 0.1) is 0 Å². The van der Waals surface area contributed by atoms with Crippen molar-refractivity contribution < 1.29 is 19.0 Å². The average Bonchev–Trinajstić information content (AvgIpc) is 2.83. The maximum absolute atomic E-state index is 12.5. The van der Waals surface area contributed by atoms with Crippen LogP contribution >= 0.6 is 0 Å². The summed E-state index contributed by atoms with van der Waals surface area (Å²) in [4.78, 5) is 29.1. The second-order valence-corrected chi connectivity index (χ2v) is 6.98. The lowest BCUT2D eigenvalue weighted by Crippen LogP contribution is -2.19. The number of pyridine rings is 1. The predicted octanol–water partition coefficient (Wildman–Crippen LogP) is 3.93. The molecule has 0 fully saturated rings. The largest absolute Gasteiger partial charge is 0.497 e. The SMILES string of the molecule is COc1ccc(NC(=O)Nc2cccc(OCc3cc(=O)n4ccccc4n3)c2)c(OC)c1. The van der Waals surface area contributed by atoms with Crippen LogP contribution < -0.4 is 30.4 Å². The van der Waals surface area contributed by atoms with Crippen molar-refractivity contribution in [3.8, 4) is 17.2 Å². The van der Waals surface area contributed by atoms with Crippen molar-refractivity contribution in [3.63, 3.8) is 0 Å². The van der Waals surface area contributed by atoms with Gasteiger partial charge in [0.1, 0.15) is 29.5 Å². The van der Waals surface area contributed by atoms with E-state index in [0.29, 0.717) is 40.0 Å². The summed E-state index contributed by atoms with van der Waals surface area (Å²) >= 11 is 0. The molecule has 2 aromatic heterocycles. The Labute approximate surface area is 189 Å². The van der Waals surface area contributed by atoms with Gasteiger partial charge in [-0.3, -0.25) is 9.20 Å². The predicted molar refractivity (Wildman–Crippen MR) is 124 cm³/mol. The van der Waals surface area contributed by atoms with Crippen molar-refractivity contribution in [2.24, 2.45) is 0 Å². The fourth-order valence-electron chi connectivity index (χ4n) is 3.18. The molecular weight excluding hydrogens is 424 g/mol. The van der Waals surface area contributed by atoms with Gasteiger partial charge in [-0.1, -0.05) is 12.1 Å². The maximum Gasteiger partial charge on any atom is 0.323 e. The minimum absolute atomic E-state index is 0.110. The summed E-state index contributed by atoms with van der Waals surface area (Å²) in [6.45, 7) is 0.110. The van der Waals surface area contributed by atoms with E-state index in [1.54, 1.807) is 67.9 Å². The van der Waals surface area contributed by atoms with E-state index in [1.807, 2.05) is 6.07 Å². The Hall–Kier alpha value is -4.53. The Morgan fingerprint density at radius 2 is 1.82 bits per heavy atom. The second kappa shape index (κ2) is 9.73. The smallest absolute Gasteiger partial charge is 0.323 e. The van der Waals surface area contributed by atoms with Gasteiger partial charge in [-0.15, -0.1) is 0 Å². The van der Waals surface area contributed by atoms with E-state index in [1.165, 1.54) is 17.6 Å². The molecule has 4 rings (SSSR count). The molecular formula is C24H22N4O5. The number of nitrogens with zero attached hydrogens (tertiary/aromatic N) is 2. The molecule has 0 aliphatic carbocycles. The minimum Gasteiger partial charge on any atom is -0.497 e. The number of carbonyl (C=O) groups excluding carboxylic acids is 1. The number of nitrogens with one attached hydrogen (secondary N) is 2. The first-order valence-corrected chi connectivity index (χ1v) is 10.1. The van der Waals surface area contributed by atoms with Crippen molar-refractivity contribution in [3.05, 3.63) is 89.0 Å². The van der Waals surface area contributed by atoms with Crippen LogP contribution in [0.2, 0.25) is 0 Å². The number of urea groups is 1. The molecule has 0 unspecified atom stereocenters. The Kier molecular flexibility index (Phi) is 6.40. The number of anilines is 2. The fourth-order valence-corrected chi connectivity index (χ4v) is 3.18. The van der Waals surface area contributed by atoms with E-state index in [-0.39, 0.29) is 12.2 Å². The monoisotopic (exact) mass is 446 g/mol. The molecule has 2 N–H and O–H groups in total. The molecule has 0 saturated heterocycles. The van der Waals surface area contributed by atoms with Crippen molar-refractivity contribution in [2.75, 3.05) is 24.9 Å². The van der Waals surface area contributed by atoms with Gasteiger partial charge in [0, 0.05) is 30.1 Å². The van der Waals surface area contributed by atoms with E-state index < -0.39 is 6.03 Å². The Morgan fingerprint density at radius 3 is 2.64 bits per heavy atom. The highest BCUT2D eigenvalue weighted by atomic mass is 16.5. The van der Waals surface area contributed by atoms with Crippen LogP contribution in [0.3, 0.4) is 0 Å². The summed E-state index contributed by atoms with van der Waals surface area (Å²) in [6.07, 6.45) is 1.66. The summed E-state index contributed by atoms with van der Waals surface area (Å²) in [6, 6.07) is 18.3. The first kappa shape index (κ1) is 21.7. The summed E-state index contributed by atoms with van der Waals surface area (Å²) in [7, 11) is 3.07. The highest BCUT2D eigenvalue weighted by molar-refractivity contribution is 6.00. The molecule has 168 valence electrons. The average molecular weight is 446 g/mol. The molecule has 0 aliphatic rings. The van der Waals surface area contributed by atoms with Gasteiger partial charge in [-0.2, -0.15) is 0 Å². The van der Waals surface area contributed by atoms with Gasteiger partial charge >= 0.3 is 6.03 Å². The number of ether oxygens (including phenoxy) is 3. The molecule has 2 aromatic carbocycles. The summed E-state index contributed by atoms with van der Waals surface area (Å²) in [5.74, 6) is 1.61. The number of amides is 2. The number of aromatic nitrogens is 2. The van der Waals surface area contributed by atoms with E-state index in [0.717, 1.165) is 0 Å². The molecule has 9 heteroatoms. The zero-order valence-corrected chi connectivity index (χ0v) is 18.1. The van der Waals surface area contributed by atoms with Gasteiger partial charge in [-0.25, -0.2) is 9.78 Å². The zero-order chi connectivity index (χ0) is 23.2. The number of benzene rings is 2. The summed E-state index contributed by atoms with van der Waals surface area (Å²) in [5, 5.41) is 5.50. The van der Waals surface area contributed by atoms with Gasteiger partial charge in [0.05, 0.1) is 25.6 Å². The maximum atomic E-state index is 12.5. The number of hydrogen-bond acceptors (Lipinski definition) is 6. The van der Waals surface area contributed by atoms with E-state index in [4.69, 9.17) is 14.2 Å². The zero-order valence-electron chi connectivity index (χ0n) is 18.1. The fraction of sp³-hybridized carbons (Fsp3) is 0.125. The van der Waals surface area contributed by atoms with Crippen molar-refractivity contribution in [1.82, 2.24) is 9.38 Å². The van der Waals surface area contributed by atoms with Crippen LogP contribution in [0.1, 0.15) is 5.69 Å². The van der Waals surface area contributed by atoms with Crippen LogP contribution in [0.5, 0.6) is 17.2 Å². The van der Waals surface area contributed by atoms with Crippen LogP contribution in [0.4, 0.5) is 16.2 Å². The van der Waals surface area contributed by atoms with Crippen molar-refractivity contribution >= 4 is 23.1 Å². The molecule has 33 heavy (non-hydrogen) atoms. The number of carbonyl (C=O) groups is 1. The Balaban J connectivity index is 1.41. The van der Waals surface area contributed by atoms with Crippen molar-refractivity contribution in [1.29, 1.82) is 0 Å². The van der Waals surface area contributed by atoms with E-state index in [2.05, 4.69) is 15.6 Å². The molecule has 2 amide bonds. The van der Waals surface area contributed by atoms with Gasteiger partial charge in [0.25, 0.3) is 5.56 Å². The van der Waals surface area contributed by atoms with Crippen molar-refractivity contribution in [2.45, 2.75) is 6.61 Å². The second-order valence-electron chi connectivity index (χ2n) is 6.98. The van der Waals surface area contributed by atoms with Crippen LogP contribution in [0.25, 0.3) is 5.65 Å². The standard InChI is InChI=1S/C24H22N4O5/c1-31-18-9-10-20(21(14-18)32-2)27-24(30)26-16-6-5-7-19(12-16)33-15-17-13-23(29)28-11-4-3-8-22(28)25-17/h3-14H,15H2,1-2H3,(H2,26,27,30). The molecule has 0 saturated carbocycles. The minimum atomic E-state index is -0.445. The van der Waals surface area contributed by atoms with Gasteiger partial charge in [0.2, 0.25) is 0 Å². The number of methoxy groups -OCH3 is 2. The molecule has 0 aliphatic heterocycles.